The Bertz CT molecular complexity index is 985. The molecule has 5 rings (SSSR count). The van der Waals surface area contributed by atoms with Crippen molar-refractivity contribution in [2.24, 2.45) is 17.8 Å². The molecule has 5 heterocycles. The fourth-order valence-electron chi connectivity index (χ4n) is 7.80. The van der Waals surface area contributed by atoms with Gasteiger partial charge in [0.1, 0.15) is 18.0 Å². The Balaban J connectivity index is 1.19. The summed E-state index contributed by atoms with van der Waals surface area (Å²) in [6.45, 7) is 14.3. The number of ether oxygens (including phenoxy) is 7. The lowest BCUT2D eigenvalue weighted by atomic mass is 9.74. The van der Waals surface area contributed by atoms with Gasteiger partial charge in [0.05, 0.1) is 69.2 Å². The molecule has 2 N–H and O–H groups in total. The summed E-state index contributed by atoms with van der Waals surface area (Å²) in [4.78, 5) is 12.9. The van der Waals surface area contributed by atoms with E-state index in [0.717, 1.165) is 43.3 Å². The van der Waals surface area contributed by atoms with E-state index >= 15 is 0 Å². The molecule has 0 aromatic rings. The van der Waals surface area contributed by atoms with Crippen LogP contribution in [0.4, 0.5) is 0 Å². The molecular formula is C34H54O10. The zero-order valence-corrected chi connectivity index (χ0v) is 26.8. The number of Topliss-reactive ketones (excluding diaryl/α,β-unsaturated/α-hetero) is 1. The van der Waals surface area contributed by atoms with Gasteiger partial charge < -0.3 is 43.4 Å². The average molecular weight is 623 g/mol. The number of hydrogen-bond acceptors (Lipinski definition) is 10. The van der Waals surface area contributed by atoms with E-state index < -0.39 is 30.7 Å². The fraction of sp³-hybridized carbons (Fsp3) is 0.853. The molecule has 10 nitrogen and oxygen atoms in total. The van der Waals surface area contributed by atoms with Crippen LogP contribution in [0.1, 0.15) is 71.6 Å². The second-order valence-corrected chi connectivity index (χ2v) is 13.8. The summed E-state index contributed by atoms with van der Waals surface area (Å²) in [6.07, 6.45) is 2.07. The number of aliphatic hydroxyl groups is 2. The van der Waals surface area contributed by atoms with Crippen LogP contribution in [0, 0.1) is 17.8 Å². The van der Waals surface area contributed by atoms with E-state index in [1.165, 1.54) is 0 Å². The lowest BCUT2D eigenvalue weighted by Gasteiger charge is -2.41. The Hall–Kier alpha value is -1.21. The largest absolute Gasteiger partial charge is 0.391 e. The van der Waals surface area contributed by atoms with Crippen LogP contribution in [0.15, 0.2) is 24.3 Å². The summed E-state index contributed by atoms with van der Waals surface area (Å²) in [6, 6.07) is 0. The molecule has 5 aliphatic rings. The molecule has 2 unspecified atom stereocenters. The molecule has 0 spiro atoms. The van der Waals surface area contributed by atoms with Crippen LogP contribution in [-0.4, -0.2) is 111 Å². The third kappa shape index (κ3) is 8.57. The van der Waals surface area contributed by atoms with Crippen molar-refractivity contribution >= 4 is 5.78 Å². The van der Waals surface area contributed by atoms with Crippen LogP contribution in [0.3, 0.4) is 0 Å². The number of carbonyl (C=O) groups excluding carboxylic acids is 1. The minimum Gasteiger partial charge on any atom is -0.391 e. The maximum absolute atomic E-state index is 12.9. The third-order valence-electron chi connectivity index (χ3n) is 10.3. The molecule has 0 saturated carbocycles. The Morgan fingerprint density at radius 1 is 1.00 bits per heavy atom. The van der Waals surface area contributed by atoms with E-state index in [2.05, 4.69) is 20.1 Å². The summed E-state index contributed by atoms with van der Waals surface area (Å²) >= 11 is 0. The molecule has 0 radical (unpaired) electrons. The molecule has 10 heteroatoms. The predicted octanol–water partition coefficient (Wildman–Crippen LogP) is 3.51. The Morgan fingerprint density at radius 2 is 1.82 bits per heavy atom. The normalized spacial score (nSPS) is 40.3. The standard InChI is InChI=1S/C34H54O10/c1-19-10-26(41-15-19)14-28(27-11-21(3)40-16-20(27)2)29-8-9-32(43-29)44-30-7-6-25(42-34(30)33(37)22(4)35)13-24(36)12-23-17-39-18-31(23)38-5/h21-23,25-35,37H,1-2,6-18H2,3-5H3/t21-,22?,23-,25+,26+,27+,28?,29-,30-,31-,32+,33+,34-/m0/s1. The van der Waals surface area contributed by atoms with Gasteiger partial charge in [-0.1, -0.05) is 13.2 Å². The second kappa shape index (κ2) is 15.6. The molecule has 44 heavy (non-hydrogen) atoms. The third-order valence-corrected chi connectivity index (χ3v) is 10.3. The Labute approximate surface area is 262 Å². The van der Waals surface area contributed by atoms with E-state index in [1.54, 1.807) is 14.0 Å². The summed E-state index contributed by atoms with van der Waals surface area (Å²) in [5.74, 6) is 0.626. The van der Waals surface area contributed by atoms with Crippen molar-refractivity contribution in [1.82, 2.24) is 0 Å². The lowest BCUT2D eigenvalue weighted by molar-refractivity contribution is -0.244. The van der Waals surface area contributed by atoms with E-state index in [-0.39, 0.29) is 60.5 Å². The Kier molecular flexibility index (Phi) is 12.1. The summed E-state index contributed by atoms with van der Waals surface area (Å²) in [7, 11) is 1.64. The molecule has 0 aromatic carbocycles. The second-order valence-electron chi connectivity index (χ2n) is 13.8. The SMILES string of the molecule is C=C1CO[C@@H](CC([C@@H]2CC[C@@H](O[C@H]3CC[C@H](CC(=O)C[C@H]4COC[C@@H]4OC)O[C@@H]3[C@H](O)C(C)O)O2)[C@@H]2C[C@H](C)OCC2=C)C1. The molecule has 5 saturated heterocycles. The van der Waals surface area contributed by atoms with E-state index in [1.807, 2.05) is 0 Å². The number of hydrogen-bond donors (Lipinski definition) is 2. The number of ketones is 1. The highest BCUT2D eigenvalue weighted by molar-refractivity contribution is 5.79. The van der Waals surface area contributed by atoms with Gasteiger partial charge in [0.2, 0.25) is 0 Å². The van der Waals surface area contributed by atoms with Gasteiger partial charge in [-0.15, -0.1) is 0 Å². The van der Waals surface area contributed by atoms with E-state index in [0.29, 0.717) is 45.7 Å². The number of rotatable bonds is 13. The molecule has 13 atom stereocenters. The van der Waals surface area contributed by atoms with Gasteiger partial charge in [-0.25, -0.2) is 0 Å². The molecule has 5 fully saturated rings. The average Bonchev–Trinajstić information content (AvgIpc) is 3.75. The summed E-state index contributed by atoms with van der Waals surface area (Å²) in [5.41, 5.74) is 2.24. The Morgan fingerprint density at radius 3 is 2.55 bits per heavy atom. The highest BCUT2D eigenvalue weighted by atomic mass is 16.7. The monoisotopic (exact) mass is 622 g/mol. The minimum atomic E-state index is -1.15. The molecule has 0 amide bonds. The first-order chi connectivity index (χ1) is 21.1. The van der Waals surface area contributed by atoms with Crippen LogP contribution < -0.4 is 0 Å². The maximum atomic E-state index is 12.9. The summed E-state index contributed by atoms with van der Waals surface area (Å²) in [5, 5.41) is 21.2. The van der Waals surface area contributed by atoms with E-state index in [4.69, 9.17) is 33.2 Å². The van der Waals surface area contributed by atoms with Crippen molar-refractivity contribution in [3.8, 4) is 0 Å². The van der Waals surface area contributed by atoms with Crippen LogP contribution in [-0.2, 0) is 38.0 Å². The van der Waals surface area contributed by atoms with Gasteiger partial charge in [0, 0.05) is 32.3 Å². The van der Waals surface area contributed by atoms with Crippen molar-refractivity contribution < 1.29 is 48.2 Å². The molecular weight excluding hydrogens is 568 g/mol. The van der Waals surface area contributed by atoms with Gasteiger partial charge in [0.25, 0.3) is 0 Å². The van der Waals surface area contributed by atoms with Crippen LogP contribution in [0.5, 0.6) is 0 Å². The first-order valence-corrected chi connectivity index (χ1v) is 16.6. The van der Waals surface area contributed by atoms with Crippen molar-refractivity contribution in [2.75, 3.05) is 33.5 Å². The van der Waals surface area contributed by atoms with Crippen LogP contribution in [0.2, 0.25) is 0 Å². The molecule has 0 bridgehead atoms. The minimum absolute atomic E-state index is 0.0185. The number of methoxy groups -OCH3 is 1. The molecule has 0 aromatic heterocycles. The van der Waals surface area contributed by atoms with Gasteiger partial charge in [-0.05, 0) is 75.4 Å². The van der Waals surface area contributed by atoms with Crippen LogP contribution in [0.25, 0.3) is 0 Å². The van der Waals surface area contributed by atoms with Gasteiger partial charge >= 0.3 is 0 Å². The molecule has 0 aliphatic carbocycles. The fourth-order valence-corrected chi connectivity index (χ4v) is 7.80. The first-order valence-electron chi connectivity index (χ1n) is 16.6. The van der Waals surface area contributed by atoms with Crippen molar-refractivity contribution in [1.29, 1.82) is 0 Å². The number of aliphatic hydroxyl groups excluding tert-OH is 2. The van der Waals surface area contributed by atoms with Crippen molar-refractivity contribution in [2.45, 2.75) is 133 Å². The lowest BCUT2D eigenvalue weighted by Crippen LogP contribution is -2.52. The molecule has 250 valence electrons. The van der Waals surface area contributed by atoms with Gasteiger partial charge in [0.15, 0.2) is 6.29 Å². The smallest absolute Gasteiger partial charge is 0.158 e. The van der Waals surface area contributed by atoms with Crippen molar-refractivity contribution in [3.63, 3.8) is 0 Å². The van der Waals surface area contributed by atoms with E-state index in [9.17, 15) is 15.0 Å². The number of carbonyl (C=O) groups is 1. The highest BCUT2D eigenvalue weighted by Crippen LogP contribution is 2.42. The predicted molar refractivity (Wildman–Crippen MR) is 162 cm³/mol. The quantitative estimate of drug-likeness (QED) is 0.295. The maximum Gasteiger partial charge on any atom is 0.158 e. The first kappa shape index (κ1) is 34.1. The highest BCUT2D eigenvalue weighted by Gasteiger charge is 2.45. The zero-order valence-electron chi connectivity index (χ0n) is 26.8. The van der Waals surface area contributed by atoms with Gasteiger partial charge in [-0.2, -0.15) is 0 Å². The van der Waals surface area contributed by atoms with Crippen molar-refractivity contribution in [3.05, 3.63) is 24.3 Å². The zero-order chi connectivity index (χ0) is 31.4. The molecule has 5 aliphatic heterocycles. The topological polar surface area (TPSA) is 122 Å². The summed E-state index contributed by atoms with van der Waals surface area (Å²) < 4.78 is 42.3. The van der Waals surface area contributed by atoms with Crippen LogP contribution >= 0.6 is 0 Å². The van der Waals surface area contributed by atoms with Gasteiger partial charge in [-0.3, -0.25) is 4.79 Å².